The van der Waals surface area contributed by atoms with Crippen LogP contribution in [-0.2, 0) is 55.9 Å². The Labute approximate surface area is 302 Å². The predicted octanol–water partition coefficient (Wildman–Crippen LogP) is 1.67. The molecule has 2 aliphatic rings. The summed E-state index contributed by atoms with van der Waals surface area (Å²) in [6, 6.07) is 5.58. The molecule has 260 valence electrons. The molecule has 0 bridgehead atoms. The van der Waals surface area contributed by atoms with E-state index in [4.69, 9.17) is 19.0 Å². The fourth-order valence-corrected chi connectivity index (χ4v) is 7.73. The van der Waals surface area contributed by atoms with E-state index >= 15 is 0 Å². The Hall–Kier alpha value is -4.15. The van der Waals surface area contributed by atoms with Crippen LogP contribution in [0.15, 0.2) is 58.4 Å². The molecule has 4 rings (SSSR count). The van der Waals surface area contributed by atoms with E-state index in [0.717, 1.165) is 36.6 Å². The number of alkyl halides is 1. The summed E-state index contributed by atoms with van der Waals surface area (Å²) in [5.74, 6) is -2.57. The molecule has 3 heterocycles. The first kappa shape index (κ1) is 37.7. The summed E-state index contributed by atoms with van der Waals surface area (Å²) in [5.41, 5.74) is -0.164. The minimum absolute atomic E-state index is 0.0226. The largest absolute Gasteiger partial charge is 0.614 e. The van der Waals surface area contributed by atoms with Gasteiger partial charge in [-0.3, -0.25) is 19.8 Å². The maximum Gasteiger partial charge on any atom is 0.413 e. The van der Waals surface area contributed by atoms with Crippen LogP contribution in [0.2, 0.25) is 0 Å². The molecule has 0 aliphatic carbocycles. The normalized spacial score (nSPS) is 19.1. The Morgan fingerprint density at radius 1 is 1.24 bits per heavy atom. The van der Waals surface area contributed by atoms with E-state index < -0.39 is 63.8 Å². The second-order valence-corrected chi connectivity index (χ2v) is 14.3. The van der Waals surface area contributed by atoms with Gasteiger partial charge >= 0.3 is 26.1 Å². The van der Waals surface area contributed by atoms with Crippen LogP contribution in [0.1, 0.15) is 32.0 Å². The van der Waals surface area contributed by atoms with Gasteiger partial charge in [0.25, 0.3) is 11.8 Å². The second kappa shape index (κ2) is 16.5. The van der Waals surface area contributed by atoms with Crippen molar-refractivity contribution < 1.29 is 52.2 Å². The number of carbonyl (C=O) groups is 5. The summed E-state index contributed by atoms with van der Waals surface area (Å²) >= 11 is 1.27. The molecule has 1 saturated heterocycles. The number of nitrogens with zero attached hydrogens (tertiary/aromatic N) is 3. The lowest BCUT2D eigenvalue weighted by Crippen LogP contribution is -2.75. The quantitative estimate of drug-likeness (QED) is 0.0300. The highest BCUT2D eigenvalue weighted by molar-refractivity contribution is 14.1. The molecule has 0 spiro atoms. The van der Waals surface area contributed by atoms with Crippen molar-refractivity contribution in [2.75, 3.05) is 22.6 Å². The van der Waals surface area contributed by atoms with Crippen molar-refractivity contribution in [3.8, 4) is 5.75 Å². The van der Waals surface area contributed by atoms with Crippen molar-refractivity contribution >= 4 is 93.8 Å². The van der Waals surface area contributed by atoms with Crippen LogP contribution in [0.5, 0.6) is 5.75 Å². The van der Waals surface area contributed by atoms with Crippen LogP contribution in [0, 0.1) is 0 Å². The molecule has 1 fully saturated rings. The highest BCUT2D eigenvalue weighted by atomic mass is 127. The minimum Gasteiger partial charge on any atom is -0.614 e. The zero-order chi connectivity index (χ0) is 35.9. The van der Waals surface area contributed by atoms with E-state index in [2.05, 4.69) is 25.4 Å². The smallest absolute Gasteiger partial charge is 0.413 e. The number of ether oxygens (including phenoxy) is 3. The van der Waals surface area contributed by atoms with E-state index in [1.807, 2.05) is 22.6 Å². The number of benzene rings is 1. The van der Waals surface area contributed by atoms with Gasteiger partial charge in [0, 0.05) is 15.4 Å². The molecule has 3 amide bonds. The maximum absolute atomic E-state index is 13.5. The lowest BCUT2D eigenvalue weighted by Gasteiger charge is -2.49. The van der Waals surface area contributed by atoms with E-state index in [-0.39, 0.29) is 28.9 Å². The Morgan fingerprint density at radius 2 is 1.96 bits per heavy atom. The number of fused-ring (bicyclic) bond motifs is 1. The maximum atomic E-state index is 13.5. The fourth-order valence-electron chi connectivity index (χ4n) is 4.37. The van der Waals surface area contributed by atoms with Crippen molar-refractivity contribution in [1.29, 1.82) is 0 Å². The molecule has 2 aliphatic heterocycles. The molecule has 0 saturated carbocycles. The van der Waals surface area contributed by atoms with Gasteiger partial charge in [0.15, 0.2) is 16.9 Å². The number of thiazole rings is 1. The number of nitrogens with one attached hydrogen (secondary N) is 2. The lowest BCUT2D eigenvalue weighted by molar-refractivity contribution is -0.153. The van der Waals surface area contributed by atoms with Crippen molar-refractivity contribution in [2.45, 2.75) is 44.4 Å². The van der Waals surface area contributed by atoms with Gasteiger partial charge in [-0.2, -0.15) is 0 Å². The zero-order valence-corrected chi connectivity index (χ0v) is 30.6. The van der Waals surface area contributed by atoms with Gasteiger partial charge in [-0.15, -0.1) is 11.3 Å². The summed E-state index contributed by atoms with van der Waals surface area (Å²) in [5, 5.41) is 9.10. The monoisotopic (exact) mass is 827 g/mol. The van der Waals surface area contributed by atoms with Crippen LogP contribution in [0.25, 0.3) is 0 Å². The van der Waals surface area contributed by atoms with Crippen LogP contribution >= 0.6 is 33.9 Å². The number of anilines is 1. The van der Waals surface area contributed by atoms with E-state index in [0.29, 0.717) is 21.3 Å². The molecule has 1 unspecified atom stereocenters. The topological polar surface area (TPSA) is 207 Å². The first-order valence-corrected chi connectivity index (χ1v) is 18.1. The number of oxime groups is 1. The first-order valence-electron chi connectivity index (χ1n) is 14.3. The molecule has 20 heteroatoms. The van der Waals surface area contributed by atoms with Gasteiger partial charge in [0.1, 0.15) is 41.4 Å². The molecular weight excluding hydrogens is 796 g/mol. The summed E-state index contributed by atoms with van der Waals surface area (Å²) < 4.78 is 34.0. The third-order valence-electron chi connectivity index (χ3n) is 6.55. The molecule has 49 heavy (non-hydrogen) atoms. The average molecular weight is 827 g/mol. The standard InChI is InChI=1S/C29H31BIN5O11S2/c1-29(2,3)46-28(41)34-27-32-18(13-48-27)20(35-45-10-9-19(37)47-30)23(38)33-21-24(39)36-22(16(11-31)14-49(42)25(21)36)26(40)44-12-15-5-7-17(43-4)8-6-15/h5-10,13,21,25H,11-12,14,30H2,1-4H3,(H,33,38)(H,32,34,41)/b10-9+,35-20-/t21-,25-,49?/m1/s1. The highest BCUT2D eigenvalue weighted by Gasteiger charge is 2.61. The Morgan fingerprint density at radius 3 is 2.59 bits per heavy atom. The number of amides is 3. The van der Waals surface area contributed by atoms with Crippen molar-refractivity contribution in [2.24, 2.45) is 5.16 Å². The summed E-state index contributed by atoms with van der Waals surface area (Å²) in [6.07, 6.45) is 0.976. The average Bonchev–Trinajstić information content (AvgIpc) is 3.51. The van der Waals surface area contributed by atoms with Crippen molar-refractivity contribution in [3.63, 3.8) is 0 Å². The van der Waals surface area contributed by atoms with Gasteiger partial charge in [0.05, 0.1) is 13.2 Å². The van der Waals surface area contributed by atoms with Crippen LogP contribution in [0.4, 0.5) is 9.93 Å². The summed E-state index contributed by atoms with van der Waals surface area (Å²) in [7, 11) is 2.69. The number of rotatable bonds is 12. The fraction of sp³-hybridized carbons (Fsp3) is 0.345. The van der Waals surface area contributed by atoms with E-state index in [9.17, 15) is 28.5 Å². The van der Waals surface area contributed by atoms with Crippen molar-refractivity contribution in [1.82, 2.24) is 15.2 Å². The van der Waals surface area contributed by atoms with Crippen molar-refractivity contribution in [3.05, 3.63) is 64.5 Å². The molecule has 16 nitrogen and oxygen atoms in total. The Balaban J connectivity index is 1.52. The van der Waals surface area contributed by atoms with Crippen LogP contribution < -0.4 is 15.4 Å². The molecule has 2 N–H and O–H groups in total. The predicted molar refractivity (Wildman–Crippen MR) is 188 cm³/mol. The van der Waals surface area contributed by atoms with E-state index in [1.54, 1.807) is 45.0 Å². The SMILES string of the molecule is BOC(=O)/C=C/O/N=C(\C(=O)N[C@@H]1C(=O)N2C(C(=O)OCc3ccc(OC)cc3)=C(CI)C[S+]([O-])[C@H]12)c1csc(NC(=O)OC(C)(C)C)n1. The number of hydrogen-bond donors (Lipinski definition) is 2. The van der Waals surface area contributed by atoms with Gasteiger partial charge in [-0.25, -0.2) is 19.4 Å². The Kier molecular flexibility index (Phi) is 12.7. The zero-order valence-electron chi connectivity index (χ0n) is 26.8. The molecule has 1 aromatic carbocycles. The number of β-lactam (4-membered cyclic amide) rings is 1. The molecule has 2 aromatic rings. The molecular formula is C29H31BIN5O11S2. The third kappa shape index (κ3) is 9.52. The van der Waals surface area contributed by atoms with Gasteiger partial charge in [-0.1, -0.05) is 39.9 Å². The minimum atomic E-state index is -1.69. The molecule has 0 radical (unpaired) electrons. The number of hydrogen-bond acceptors (Lipinski definition) is 14. The number of carbonyl (C=O) groups excluding carboxylic acids is 5. The number of esters is 1. The summed E-state index contributed by atoms with van der Waals surface area (Å²) in [6.45, 7) is 4.97. The number of methoxy groups -OCH3 is 1. The number of halogens is 1. The lowest BCUT2D eigenvalue weighted by atomic mass is 10.0. The van der Waals surface area contributed by atoms with Crippen LogP contribution in [-0.4, -0.2) is 92.4 Å². The number of aromatic nitrogens is 1. The summed E-state index contributed by atoms with van der Waals surface area (Å²) in [4.78, 5) is 74.3. The highest BCUT2D eigenvalue weighted by Crippen LogP contribution is 2.38. The molecule has 1 aromatic heterocycles. The second-order valence-electron chi connectivity index (χ2n) is 11.1. The van der Waals surface area contributed by atoms with Gasteiger partial charge in [-0.05, 0) is 49.6 Å². The van der Waals surface area contributed by atoms with E-state index in [1.165, 1.54) is 12.5 Å². The Bertz CT molecular complexity index is 1690. The first-order chi connectivity index (χ1) is 23.3. The third-order valence-corrected chi connectivity index (χ3v) is 9.89. The molecule has 3 atom stereocenters. The van der Waals surface area contributed by atoms with Gasteiger partial charge in [0.2, 0.25) is 5.37 Å². The van der Waals surface area contributed by atoms with Gasteiger partial charge < -0.3 is 33.6 Å². The van der Waals surface area contributed by atoms with Crippen LogP contribution in [0.3, 0.4) is 0 Å².